The van der Waals surface area contributed by atoms with Gasteiger partial charge in [0, 0.05) is 0 Å². The van der Waals surface area contributed by atoms with Crippen LogP contribution in [0.2, 0.25) is 19.6 Å². The number of carbonyl (C=O) groups is 1. The molecule has 0 saturated heterocycles. The van der Waals surface area contributed by atoms with Crippen LogP contribution in [-0.4, -0.2) is 21.5 Å². The van der Waals surface area contributed by atoms with Crippen LogP contribution < -0.4 is 4.74 Å². The normalized spacial score (nSPS) is 12.6. The average Bonchev–Trinajstić information content (AvgIpc) is 2.52. The van der Waals surface area contributed by atoms with E-state index in [1.165, 1.54) is 22.3 Å². The summed E-state index contributed by atoms with van der Waals surface area (Å²) in [5.74, 6) is 0.820. The zero-order valence-electron chi connectivity index (χ0n) is 16.4. The second-order valence-corrected chi connectivity index (χ2v) is 12.7. The lowest BCUT2D eigenvalue weighted by atomic mass is 9.89. The maximum absolute atomic E-state index is 12.1. The van der Waals surface area contributed by atoms with Gasteiger partial charge in [-0.3, -0.25) is 4.79 Å². The smallest absolute Gasteiger partial charge is 0.142 e. The second-order valence-electron chi connectivity index (χ2n) is 7.66. The topological polar surface area (TPSA) is 26.3 Å². The van der Waals surface area contributed by atoms with Crippen LogP contribution in [0.3, 0.4) is 0 Å². The third kappa shape index (κ3) is 4.10. The molecule has 0 unspecified atom stereocenters. The molecule has 0 aliphatic carbocycles. The Kier molecular flexibility index (Phi) is 5.68. The van der Waals surface area contributed by atoms with Gasteiger partial charge in [0.2, 0.25) is 0 Å². The molecule has 132 valence electrons. The first-order valence-corrected chi connectivity index (χ1v) is 12.1. The summed E-state index contributed by atoms with van der Waals surface area (Å²) >= 11 is 0. The molecule has 0 aliphatic heterocycles. The number of aryl methyl sites for hydroxylation is 3. The molecule has 0 fully saturated rings. The number of hydrogen-bond donors (Lipinski definition) is 0. The molecular weight excluding hydrogens is 324 g/mol. The monoisotopic (exact) mass is 352 g/mol. The van der Waals surface area contributed by atoms with E-state index in [2.05, 4.69) is 64.7 Å². The highest BCUT2D eigenvalue weighted by atomic mass is 28.3. The summed E-state index contributed by atoms with van der Waals surface area (Å²) in [5, 5.41) is 0.952. The molecule has 0 atom stereocenters. The lowest BCUT2D eigenvalue weighted by Gasteiger charge is -2.24. The van der Waals surface area contributed by atoms with Gasteiger partial charge < -0.3 is 4.74 Å². The van der Waals surface area contributed by atoms with E-state index in [-0.39, 0.29) is 0 Å². The van der Waals surface area contributed by atoms with Gasteiger partial charge in [-0.1, -0.05) is 49.5 Å². The van der Waals surface area contributed by atoms with Crippen LogP contribution in [0.15, 0.2) is 41.6 Å². The number of methoxy groups -OCH3 is 1. The maximum Gasteiger partial charge on any atom is 0.142 e. The molecule has 2 nitrogen and oxygen atoms in total. The van der Waals surface area contributed by atoms with Gasteiger partial charge in [-0.2, -0.15) is 0 Å². The summed E-state index contributed by atoms with van der Waals surface area (Å²) in [6, 6.07) is 12.4. The van der Waals surface area contributed by atoms with Crippen LogP contribution in [0.1, 0.15) is 27.8 Å². The van der Waals surface area contributed by atoms with Crippen molar-refractivity contribution in [2.45, 2.75) is 40.4 Å². The summed E-state index contributed by atoms with van der Waals surface area (Å²) in [6.45, 7) is 13.0. The number of allylic oxidation sites excluding steroid dienone is 1. The third-order valence-corrected chi connectivity index (χ3v) is 6.48. The minimum absolute atomic E-state index is 0.820. The van der Waals surface area contributed by atoms with Crippen LogP contribution in [0.4, 0.5) is 0 Å². The van der Waals surface area contributed by atoms with E-state index >= 15 is 0 Å². The van der Waals surface area contributed by atoms with Crippen molar-refractivity contribution in [3.05, 3.63) is 69.4 Å². The van der Waals surface area contributed by atoms with Crippen molar-refractivity contribution in [3.8, 4) is 5.75 Å². The fourth-order valence-corrected chi connectivity index (χ4v) is 4.75. The van der Waals surface area contributed by atoms with Gasteiger partial charge in [0.1, 0.15) is 12.0 Å². The molecule has 3 heteroatoms. The lowest BCUT2D eigenvalue weighted by molar-refractivity contribution is -0.104. The first-order chi connectivity index (χ1) is 11.7. The summed E-state index contributed by atoms with van der Waals surface area (Å²) in [7, 11) is -0.151. The van der Waals surface area contributed by atoms with Crippen molar-refractivity contribution < 1.29 is 9.53 Å². The van der Waals surface area contributed by atoms with Gasteiger partial charge in [0.05, 0.1) is 15.2 Å². The second kappa shape index (κ2) is 7.40. The van der Waals surface area contributed by atoms with Gasteiger partial charge in [-0.05, 0) is 65.9 Å². The number of hydrogen-bond acceptors (Lipinski definition) is 2. The number of aldehydes is 1. The Morgan fingerprint density at radius 3 is 1.88 bits per heavy atom. The molecule has 0 amide bonds. The number of benzene rings is 2. The highest BCUT2D eigenvalue weighted by Gasteiger charge is 2.26. The van der Waals surface area contributed by atoms with E-state index in [0.29, 0.717) is 0 Å². The number of rotatable bonds is 5. The van der Waals surface area contributed by atoms with Crippen molar-refractivity contribution in [1.82, 2.24) is 0 Å². The molecule has 0 bridgehead atoms. The first kappa shape index (κ1) is 19.2. The van der Waals surface area contributed by atoms with Crippen molar-refractivity contribution in [1.29, 1.82) is 0 Å². The first-order valence-electron chi connectivity index (χ1n) is 8.61. The molecule has 25 heavy (non-hydrogen) atoms. The van der Waals surface area contributed by atoms with E-state index in [9.17, 15) is 4.79 Å². The van der Waals surface area contributed by atoms with Gasteiger partial charge in [0.25, 0.3) is 0 Å². The molecule has 0 aromatic heterocycles. The Balaban J connectivity index is 2.87. The molecule has 0 spiro atoms. The fraction of sp³-hybridized carbons (Fsp3) is 0.318. The van der Waals surface area contributed by atoms with Crippen molar-refractivity contribution in [2.75, 3.05) is 7.11 Å². The Labute approximate surface area is 152 Å². The fourth-order valence-electron chi connectivity index (χ4n) is 3.38. The molecule has 0 saturated carbocycles. The zero-order valence-corrected chi connectivity index (χ0v) is 17.4. The SMILES string of the molecule is COc1ccc(/C(=C(/C=O)[Si](C)(C)C)c2c(C)cc(C)cc2C)cc1. The van der Waals surface area contributed by atoms with Gasteiger partial charge in [0.15, 0.2) is 0 Å². The highest BCUT2D eigenvalue weighted by molar-refractivity contribution is 6.87. The van der Waals surface area contributed by atoms with Gasteiger partial charge in [-0.15, -0.1) is 0 Å². The number of ether oxygens (including phenoxy) is 1. The number of carbonyl (C=O) groups excluding carboxylic acids is 1. The third-order valence-electron chi connectivity index (χ3n) is 4.50. The van der Waals surface area contributed by atoms with E-state index in [1.54, 1.807) is 7.11 Å². The summed E-state index contributed by atoms with van der Waals surface area (Å²) in [5.41, 5.74) is 6.99. The molecule has 2 aromatic carbocycles. The van der Waals surface area contributed by atoms with Crippen LogP contribution in [-0.2, 0) is 4.79 Å². The molecular formula is C22H28O2Si. The summed E-state index contributed by atoms with van der Waals surface area (Å²) < 4.78 is 5.29. The van der Waals surface area contributed by atoms with E-state index < -0.39 is 8.07 Å². The predicted octanol–water partition coefficient (Wildman–Crippen LogP) is 5.50. The molecule has 0 N–H and O–H groups in total. The van der Waals surface area contributed by atoms with Crippen LogP contribution >= 0.6 is 0 Å². The van der Waals surface area contributed by atoms with Crippen molar-refractivity contribution in [2.24, 2.45) is 0 Å². The maximum atomic E-state index is 12.1. The molecule has 2 aromatic rings. The largest absolute Gasteiger partial charge is 0.497 e. The van der Waals surface area contributed by atoms with Crippen molar-refractivity contribution >= 4 is 19.9 Å². The molecule has 2 rings (SSSR count). The zero-order chi connectivity index (χ0) is 18.8. The summed E-state index contributed by atoms with van der Waals surface area (Å²) in [6.07, 6.45) is 1.07. The quantitative estimate of drug-likeness (QED) is 0.403. The van der Waals surface area contributed by atoms with Crippen LogP contribution in [0.25, 0.3) is 5.57 Å². The average molecular weight is 353 g/mol. The minimum atomic E-state index is -1.82. The Morgan fingerprint density at radius 2 is 1.48 bits per heavy atom. The van der Waals surface area contributed by atoms with Crippen LogP contribution in [0, 0.1) is 20.8 Å². The molecule has 0 aliphatic rings. The molecule has 0 heterocycles. The summed E-state index contributed by atoms with van der Waals surface area (Å²) in [4.78, 5) is 12.1. The van der Waals surface area contributed by atoms with Gasteiger partial charge in [-0.25, -0.2) is 0 Å². The van der Waals surface area contributed by atoms with Crippen LogP contribution in [0.5, 0.6) is 5.75 Å². The minimum Gasteiger partial charge on any atom is -0.497 e. The standard InChI is InChI=1S/C22H28O2Si/c1-15-12-16(2)21(17(3)13-15)22(20(14-23)25(5,6)7)18-8-10-19(24-4)11-9-18/h8-14H,1-7H3/b22-20+. The van der Waals surface area contributed by atoms with Crippen molar-refractivity contribution in [3.63, 3.8) is 0 Å². The Bertz CT molecular complexity index is 786. The highest BCUT2D eigenvalue weighted by Crippen LogP contribution is 2.35. The van der Waals surface area contributed by atoms with E-state index in [0.717, 1.165) is 28.4 Å². The predicted molar refractivity (Wildman–Crippen MR) is 109 cm³/mol. The molecule has 0 radical (unpaired) electrons. The van der Waals surface area contributed by atoms with Gasteiger partial charge >= 0.3 is 0 Å². The van der Waals surface area contributed by atoms with E-state index in [4.69, 9.17) is 4.74 Å². The van der Waals surface area contributed by atoms with E-state index in [1.807, 2.05) is 12.1 Å². The lowest BCUT2D eigenvalue weighted by Crippen LogP contribution is -2.27. The Hall–Kier alpha value is -2.13. The Morgan fingerprint density at radius 1 is 0.960 bits per heavy atom.